The summed E-state index contributed by atoms with van der Waals surface area (Å²) < 4.78 is 89.4. The zero-order chi connectivity index (χ0) is 24.3. The summed E-state index contributed by atoms with van der Waals surface area (Å²) in [6, 6.07) is 4.75. The molecule has 1 amide bonds. The Balaban J connectivity index is 2.54. The van der Waals surface area contributed by atoms with Crippen LogP contribution in [0.25, 0.3) is 6.08 Å². The highest BCUT2D eigenvalue weighted by molar-refractivity contribution is 5.91. The van der Waals surface area contributed by atoms with Gasteiger partial charge in [0, 0.05) is 5.56 Å². The van der Waals surface area contributed by atoms with E-state index < -0.39 is 41.1 Å². The molecule has 0 radical (unpaired) electrons. The van der Waals surface area contributed by atoms with E-state index in [9.17, 15) is 35.9 Å². The van der Waals surface area contributed by atoms with Gasteiger partial charge < -0.3 is 15.2 Å². The van der Waals surface area contributed by atoms with Gasteiger partial charge in [-0.05, 0) is 48.9 Å². The predicted molar refractivity (Wildman–Crippen MR) is 102 cm³/mol. The van der Waals surface area contributed by atoms with Crippen molar-refractivity contribution in [2.75, 3.05) is 7.11 Å². The van der Waals surface area contributed by atoms with Crippen LogP contribution in [-0.2, 0) is 21.9 Å². The van der Waals surface area contributed by atoms with Crippen LogP contribution in [0.3, 0.4) is 0 Å². The third-order valence-electron chi connectivity index (χ3n) is 4.11. The lowest BCUT2D eigenvalue weighted by molar-refractivity contribution is -0.143. The molecular weight excluding hydrogens is 444 g/mol. The molecule has 32 heavy (non-hydrogen) atoms. The number of nitrogens with two attached hydrogens (primary N) is 1. The van der Waals surface area contributed by atoms with Crippen molar-refractivity contribution < 1.29 is 45.4 Å². The summed E-state index contributed by atoms with van der Waals surface area (Å²) in [5, 5.41) is 0. The van der Waals surface area contributed by atoms with Gasteiger partial charge in [-0.3, -0.25) is 9.59 Å². The van der Waals surface area contributed by atoms with Crippen molar-refractivity contribution in [3.63, 3.8) is 0 Å². The summed E-state index contributed by atoms with van der Waals surface area (Å²) in [5.74, 6) is -1.71. The number of ketones is 1. The number of halogens is 6. The Hall–Kier alpha value is -3.50. The number of amides is 1. The van der Waals surface area contributed by atoms with Crippen LogP contribution < -0.4 is 15.2 Å². The van der Waals surface area contributed by atoms with Crippen LogP contribution >= 0.6 is 0 Å². The minimum Gasteiger partial charge on any atom is -0.493 e. The second-order valence-corrected chi connectivity index (χ2v) is 6.59. The Kier molecular flexibility index (Phi) is 7.22. The Bertz CT molecular complexity index is 1010. The predicted octanol–water partition coefficient (Wildman–Crippen LogP) is 4.94. The Morgan fingerprint density at radius 1 is 0.938 bits per heavy atom. The number of ether oxygens (including phenoxy) is 2. The van der Waals surface area contributed by atoms with Gasteiger partial charge in [0.05, 0.1) is 18.2 Å². The second kappa shape index (κ2) is 9.33. The second-order valence-electron chi connectivity index (χ2n) is 6.59. The molecule has 1 unspecified atom stereocenters. The van der Waals surface area contributed by atoms with Crippen LogP contribution in [0.1, 0.15) is 35.3 Å². The van der Waals surface area contributed by atoms with E-state index >= 15 is 0 Å². The molecule has 11 heteroatoms. The molecule has 0 aliphatic heterocycles. The number of alkyl halides is 6. The molecule has 0 aliphatic carbocycles. The van der Waals surface area contributed by atoms with Gasteiger partial charge in [0.1, 0.15) is 0 Å². The standard InChI is InChI=1S/C21H17F6NO4/c1-11(29)3-4-12-5-6-16(17(7-12)31-2)32-18(19(28)30)13-8-14(20(22,23)24)10-15(9-13)21(25,26)27/h3-10,18H,1-2H3,(H2,28,30)/b4-3+. The molecule has 2 rings (SSSR count). The number of benzene rings is 2. The lowest BCUT2D eigenvalue weighted by Crippen LogP contribution is -2.27. The Labute approximate surface area is 178 Å². The monoisotopic (exact) mass is 461 g/mol. The highest BCUT2D eigenvalue weighted by Gasteiger charge is 2.38. The number of carbonyl (C=O) groups excluding carboxylic acids is 2. The molecule has 2 aromatic carbocycles. The zero-order valence-electron chi connectivity index (χ0n) is 16.7. The average molecular weight is 461 g/mol. The number of allylic oxidation sites excluding steroid dienone is 1. The van der Waals surface area contributed by atoms with Gasteiger partial charge in [0.15, 0.2) is 17.3 Å². The number of hydrogen-bond donors (Lipinski definition) is 1. The molecule has 5 nitrogen and oxygen atoms in total. The van der Waals surface area contributed by atoms with E-state index in [1.807, 2.05) is 0 Å². The summed E-state index contributed by atoms with van der Waals surface area (Å²) >= 11 is 0. The molecular formula is C21H17F6NO4. The summed E-state index contributed by atoms with van der Waals surface area (Å²) in [4.78, 5) is 23.0. The van der Waals surface area contributed by atoms with Crippen LogP contribution in [0, 0.1) is 0 Å². The van der Waals surface area contributed by atoms with Crippen molar-refractivity contribution >= 4 is 17.8 Å². The van der Waals surface area contributed by atoms with Gasteiger partial charge in [-0.1, -0.05) is 12.1 Å². The van der Waals surface area contributed by atoms with E-state index in [2.05, 4.69) is 0 Å². The number of primary amides is 1. The molecule has 1 atom stereocenters. The highest BCUT2D eigenvalue weighted by atomic mass is 19.4. The van der Waals surface area contributed by atoms with Crippen LogP contribution in [0.5, 0.6) is 11.5 Å². The molecule has 0 spiro atoms. The summed E-state index contributed by atoms with van der Waals surface area (Å²) in [7, 11) is 1.23. The van der Waals surface area contributed by atoms with Gasteiger partial charge >= 0.3 is 12.4 Å². The zero-order valence-corrected chi connectivity index (χ0v) is 16.7. The maximum atomic E-state index is 13.1. The molecule has 0 aliphatic rings. The highest BCUT2D eigenvalue weighted by Crippen LogP contribution is 2.39. The summed E-state index contributed by atoms with van der Waals surface area (Å²) in [5.41, 5.74) is 1.74. The van der Waals surface area contributed by atoms with Gasteiger partial charge in [-0.2, -0.15) is 26.3 Å². The Morgan fingerprint density at radius 2 is 1.50 bits per heavy atom. The smallest absolute Gasteiger partial charge is 0.416 e. The first-order valence-corrected chi connectivity index (χ1v) is 8.84. The van der Waals surface area contributed by atoms with Crippen molar-refractivity contribution in [2.45, 2.75) is 25.4 Å². The third kappa shape index (κ3) is 6.25. The van der Waals surface area contributed by atoms with Gasteiger partial charge in [0.25, 0.3) is 5.91 Å². The summed E-state index contributed by atoms with van der Waals surface area (Å²) in [6.45, 7) is 1.33. The third-order valence-corrected chi connectivity index (χ3v) is 4.11. The van der Waals surface area contributed by atoms with Crippen LogP contribution in [0.15, 0.2) is 42.5 Å². The fraction of sp³-hybridized carbons (Fsp3) is 0.238. The van der Waals surface area contributed by atoms with Crippen molar-refractivity contribution in [1.29, 1.82) is 0 Å². The van der Waals surface area contributed by atoms with Crippen LogP contribution in [0.2, 0.25) is 0 Å². The van der Waals surface area contributed by atoms with Crippen LogP contribution in [0.4, 0.5) is 26.3 Å². The lowest BCUT2D eigenvalue weighted by Gasteiger charge is -2.21. The largest absolute Gasteiger partial charge is 0.493 e. The first-order chi connectivity index (χ1) is 14.7. The number of carbonyl (C=O) groups is 2. The molecule has 2 aromatic rings. The van der Waals surface area contributed by atoms with E-state index in [-0.39, 0.29) is 23.3 Å². The van der Waals surface area contributed by atoms with Crippen molar-refractivity contribution in [3.8, 4) is 11.5 Å². The van der Waals surface area contributed by atoms with Crippen LogP contribution in [-0.4, -0.2) is 18.8 Å². The van der Waals surface area contributed by atoms with Gasteiger partial charge in [-0.25, -0.2) is 0 Å². The lowest BCUT2D eigenvalue weighted by atomic mass is 10.0. The topological polar surface area (TPSA) is 78.6 Å². The molecule has 0 aromatic heterocycles. The first kappa shape index (κ1) is 24.8. The first-order valence-electron chi connectivity index (χ1n) is 8.84. The minimum absolute atomic E-state index is 0.00460. The number of rotatable bonds is 7. The minimum atomic E-state index is -5.11. The van der Waals surface area contributed by atoms with Crippen molar-refractivity contribution in [1.82, 2.24) is 0 Å². The SMILES string of the molecule is COc1cc(/C=C/C(C)=O)ccc1OC(C(N)=O)c1cc(C(F)(F)F)cc(C(F)(F)F)c1. The fourth-order valence-corrected chi connectivity index (χ4v) is 2.65. The number of methoxy groups -OCH3 is 1. The maximum Gasteiger partial charge on any atom is 0.416 e. The average Bonchev–Trinajstić information content (AvgIpc) is 2.68. The molecule has 2 N–H and O–H groups in total. The molecule has 0 fully saturated rings. The fourth-order valence-electron chi connectivity index (χ4n) is 2.65. The van der Waals surface area contributed by atoms with Gasteiger partial charge in [-0.15, -0.1) is 0 Å². The summed E-state index contributed by atoms with van der Waals surface area (Å²) in [6.07, 6.45) is -9.49. The van der Waals surface area contributed by atoms with E-state index in [4.69, 9.17) is 15.2 Å². The molecule has 0 saturated carbocycles. The normalized spacial score (nSPS) is 13.1. The molecule has 0 heterocycles. The molecule has 172 valence electrons. The van der Waals surface area contributed by atoms with E-state index in [0.717, 1.165) is 0 Å². The van der Waals surface area contributed by atoms with E-state index in [0.29, 0.717) is 17.7 Å². The van der Waals surface area contributed by atoms with Crippen molar-refractivity contribution in [2.24, 2.45) is 5.73 Å². The maximum absolute atomic E-state index is 13.1. The van der Waals surface area contributed by atoms with Gasteiger partial charge in [0.2, 0.25) is 6.10 Å². The molecule has 0 bridgehead atoms. The van der Waals surface area contributed by atoms with Crippen molar-refractivity contribution in [3.05, 3.63) is 64.7 Å². The van der Waals surface area contributed by atoms with E-state index in [1.165, 1.54) is 44.4 Å². The number of hydrogen-bond acceptors (Lipinski definition) is 4. The van der Waals surface area contributed by atoms with E-state index in [1.54, 1.807) is 0 Å². The quantitative estimate of drug-likeness (QED) is 0.468. The Morgan fingerprint density at radius 3 is 1.94 bits per heavy atom. The molecule has 0 saturated heterocycles.